The molecule has 0 saturated carbocycles. The number of sulfonamides is 1. The minimum atomic E-state index is -3.52. The van der Waals surface area contributed by atoms with Gasteiger partial charge in [-0.15, -0.1) is 11.6 Å². The van der Waals surface area contributed by atoms with Gasteiger partial charge in [0, 0.05) is 19.0 Å². The van der Waals surface area contributed by atoms with E-state index in [4.69, 9.17) is 11.6 Å². The molecule has 1 fully saturated rings. The van der Waals surface area contributed by atoms with E-state index in [0.717, 1.165) is 24.6 Å². The first kappa shape index (κ1) is 14.2. The summed E-state index contributed by atoms with van der Waals surface area (Å²) in [7, 11) is -3.52. The van der Waals surface area contributed by atoms with Crippen LogP contribution in [0.1, 0.15) is 12.8 Å². The van der Waals surface area contributed by atoms with Crippen molar-refractivity contribution in [3.05, 3.63) is 18.2 Å². The number of alkyl halides is 1. The second kappa shape index (κ2) is 5.55. The van der Waals surface area contributed by atoms with Gasteiger partial charge in [-0.1, -0.05) is 6.07 Å². The standard InChI is InChI=1S/C12H14ClN3O2S2/c13-7-9-3-2-6-16(8-9)20(17,18)11-5-1-4-10-12(11)15-19-14-10/h1,4-5,9H,2-3,6-8H2. The van der Waals surface area contributed by atoms with Crippen LogP contribution < -0.4 is 0 Å². The van der Waals surface area contributed by atoms with Gasteiger partial charge in [-0.25, -0.2) is 8.42 Å². The smallest absolute Gasteiger partial charge is 0.207 e. The number of piperidine rings is 1. The highest BCUT2D eigenvalue weighted by Crippen LogP contribution is 2.28. The molecule has 1 saturated heterocycles. The average molecular weight is 332 g/mol. The second-order valence-electron chi connectivity index (χ2n) is 4.91. The molecule has 0 aliphatic carbocycles. The SMILES string of the molecule is O=S(=O)(c1cccc2nsnc12)N1CCCC(CCl)C1. The monoisotopic (exact) mass is 331 g/mol. The van der Waals surface area contributed by atoms with E-state index in [1.165, 1.54) is 4.31 Å². The van der Waals surface area contributed by atoms with Crippen LogP contribution in [0.2, 0.25) is 0 Å². The molecular weight excluding hydrogens is 318 g/mol. The molecule has 0 bridgehead atoms. The summed E-state index contributed by atoms with van der Waals surface area (Å²) in [5, 5.41) is 0. The van der Waals surface area contributed by atoms with Gasteiger partial charge >= 0.3 is 0 Å². The molecule has 0 radical (unpaired) electrons. The molecule has 1 aliphatic rings. The first-order chi connectivity index (χ1) is 9.63. The topological polar surface area (TPSA) is 63.2 Å². The Morgan fingerprint density at radius 1 is 1.40 bits per heavy atom. The second-order valence-corrected chi connectivity index (χ2v) is 7.66. The van der Waals surface area contributed by atoms with Crippen LogP contribution in [0.4, 0.5) is 0 Å². The van der Waals surface area contributed by atoms with Gasteiger partial charge < -0.3 is 0 Å². The Kier molecular flexibility index (Phi) is 3.94. The molecular formula is C12H14ClN3O2S2. The molecule has 8 heteroatoms. The van der Waals surface area contributed by atoms with Crippen molar-refractivity contribution in [1.29, 1.82) is 0 Å². The van der Waals surface area contributed by atoms with Crippen LogP contribution in [-0.4, -0.2) is 40.4 Å². The van der Waals surface area contributed by atoms with Crippen molar-refractivity contribution in [2.24, 2.45) is 5.92 Å². The zero-order chi connectivity index (χ0) is 14.2. The van der Waals surface area contributed by atoms with E-state index in [9.17, 15) is 8.42 Å². The van der Waals surface area contributed by atoms with Gasteiger partial charge in [0.1, 0.15) is 15.9 Å². The van der Waals surface area contributed by atoms with E-state index >= 15 is 0 Å². The van der Waals surface area contributed by atoms with E-state index in [0.29, 0.717) is 30.0 Å². The molecule has 1 aliphatic heterocycles. The van der Waals surface area contributed by atoms with Crippen LogP contribution in [0.15, 0.2) is 23.1 Å². The maximum absolute atomic E-state index is 12.8. The first-order valence-corrected chi connectivity index (χ1v) is 9.11. The predicted molar refractivity (Wildman–Crippen MR) is 79.6 cm³/mol. The van der Waals surface area contributed by atoms with E-state index in [1.54, 1.807) is 18.2 Å². The van der Waals surface area contributed by atoms with E-state index in [-0.39, 0.29) is 10.8 Å². The highest BCUT2D eigenvalue weighted by molar-refractivity contribution is 7.89. The van der Waals surface area contributed by atoms with Gasteiger partial charge in [0.15, 0.2) is 0 Å². The van der Waals surface area contributed by atoms with Crippen LogP contribution in [0.5, 0.6) is 0 Å². The summed E-state index contributed by atoms with van der Waals surface area (Å²) in [6, 6.07) is 5.08. The molecule has 1 aromatic heterocycles. The van der Waals surface area contributed by atoms with E-state index < -0.39 is 10.0 Å². The minimum absolute atomic E-state index is 0.230. The van der Waals surface area contributed by atoms with Gasteiger partial charge in [-0.05, 0) is 30.9 Å². The number of benzene rings is 1. The molecule has 108 valence electrons. The summed E-state index contributed by atoms with van der Waals surface area (Å²) in [5.74, 6) is 0.724. The zero-order valence-electron chi connectivity index (χ0n) is 10.7. The van der Waals surface area contributed by atoms with Crippen molar-refractivity contribution >= 4 is 44.4 Å². The Labute approximate surface area is 126 Å². The summed E-state index contributed by atoms with van der Waals surface area (Å²) in [5.41, 5.74) is 1.09. The lowest BCUT2D eigenvalue weighted by Gasteiger charge is -2.30. The summed E-state index contributed by atoms with van der Waals surface area (Å²) >= 11 is 6.91. The summed E-state index contributed by atoms with van der Waals surface area (Å²) in [6.07, 6.45) is 1.83. The molecule has 1 atom stereocenters. The molecule has 1 aromatic carbocycles. The third-order valence-corrected chi connectivity index (χ3v) is 6.44. The molecule has 20 heavy (non-hydrogen) atoms. The Bertz CT molecular complexity index is 716. The maximum atomic E-state index is 12.8. The normalized spacial score (nSPS) is 21.4. The summed E-state index contributed by atoms with van der Waals surface area (Å²) < 4.78 is 35.3. The molecule has 2 aromatic rings. The highest BCUT2D eigenvalue weighted by atomic mass is 35.5. The number of halogens is 1. The van der Waals surface area contributed by atoms with Crippen molar-refractivity contribution in [2.45, 2.75) is 17.7 Å². The van der Waals surface area contributed by atoms with Gasteiger partial charge in [0.25, 0.3) is 0 Å². The lowest BCUT2D eigenvalue weighted by molar-refractivity contribution is 0.284. The van der Waals surface area contributed by atoms with Crippen molar-refractivity contribution < 1.29 is 8.42 Å². The van der Waals surface area contributed by atoms with Crippen molar-refractivity contribution in [3.8, 4) is 0 Å². The van der Waals surface area contributed by atoms with Gasteiger partial charge in [0.2, 0.25) is 10.0 Å². The van der Waals surface area contributed by atoms with Gasteiger partial charge in [0.05, 0.1) is 11.7 Å². The number of hydrogen-bond acceptors (Lipinski definition) is 5. The number of fused-ring (bicyclic) bond motifs is 1. The number of nitrogens with zero attached hydrogens (tertiary/aromatic N) is 3. The molecule has 2 heterocycles. The molecule has 1 unspecified atom stereocenters. The molecule has 0 amide bonds. The van der Waals surface area contributed by atoms with Crippen molar-refractivity contribution in [1.82, 2.24) is 13.1 Å². The third-order valence-electron chi connectivity index (χ3n) is 3.57. The molecule has 3 rings (SSSR count). The van der Waals surface area contributed by atoms with Gasteiger partial charge in [-0.2, -0.15) is 13.1 Å². The fraction of sp³-hybridized carbons (Fsp3) is 0.500. The van der Waals surface area contributed by atoms with Gasteiger partial charge in [-0.3, -0.25) is 0 Å². The van der Waals surface area contributed by atoms with Crippen molar-refractivity contribution in [3.63, 3.8) is 0 Å². The maximum Gasteiger partial charge on any atom is 0.245 e. The number of aromatic nitrogens is 2. The number of hydrogen-bond donors (Lipinski definition) is 0. The lowest BCUT2D eigenvalue weighted by Crippen LogP contribution is -2.40. The van der Waals surface area contributed by atoms with Crippen LogP contribution in [0, 0.1) is 5.92 Å². The Hall–Kier alpha value is -0.760. The Balaban J connectivity index is 2.01. The molecule has 0 N–H and O–H groups in total. The van der Waals surface area contributed by atoms with E-state index in [2.05, 4.69) is 8.75 Å². The van der Waals surface area contributed by atoms with Crippen LogP contribution in [-0.2, 0) is 10.0 Å². The summed E-state index contributed by atoms with van der Waals surface area (Å²) in [4.78, 5) is 0.249. The Morgan fingerprint density at radius 2 is 2.25 bits per heavy atom. The highest BCUT2D eigenvalue weighted by Gasteiger charge is 2.31. The van der Waals surface area contributed by atoms with Crippen LogP contribution in [0.25, 0.3) is 11.0 Å². The Morgan fingerprint density at radius 3 is 3.05 bits per heavy atom. The zero-order valence-corrected chi connectivity index (χ0v) is 13.1. The van der Waals surface area contributed by atoms with Crippen molar-refractivity contribution in [2.75, 3.05) is 19.0 Å². The third kappa shape index (κ3) is 2.43. The largest absolute Gasteiger partial charge is 0.245 e. The molecule has 5 nitrogen and oxygen atoms in total. The average Bonchev–Trinajstić information content (AvgIpc) is 2.95. The fourth-order valence-corrected chi connectivity index (χ4v) is 5.06. The van der Waals surface area contributed by atoms with Crippen LogP contribution in [0.3, 0.4) is 0 Å². The molecule has 0 spiro atoms. The van der Waals surface area contributed by atoms with Crippen LogP contribution >= 0.6 is 23.3 Å². The van der Waals surface area contributed by atoms with E-state index in [1.807, 2.05) is 0 Å². The quantitative estimate of drug-likeness (QED) is 0.810. The lowest BCUT2D eigenvalue weighted by atomic mass is 10.0. The first-order valence-electron chi connectivity index (χ1n) is 6.40. The number of rotatable bonds is 3. The summed E-state index contributed by atoms with van der Waals surface area (Å²) in [6.45, 7) is 1.03. The predicted octanol–water partition coefficient (Wildman–Crippen LogP) is 2.33. The minimum Gasteiger partial charge on any atom is -0.207 e. The fourth-order valence-electron chi connectivity index (χ4n) is 2.50.